The molecule has 1 aromatic heterocycles. The van der Waals surface area contributed by atoms with Crippen LogP contribution in [-0.4, -0.2) is 15.6 Å². The maximum absolute atomic E-state index is 12.8. The number of hydrogen-bond acceptors (Lipinski definition) is 3. The van der Waals surface area contributed by atoms with Crippen LogP contribution in [-0.2, 0) is 13.0 Å². The van der Waals surface area contributed by atoms with Gasteiger partial charge in [0.15, 0.2) is 0 Å². The van der Waals surface area contributed by atoms with E-state index < -0.39 is 11.5 Å². The highest BCUT2D eigenvalue weighted by Gasteiger charge is 2.26. The number of nitrogens with one attached hydrogen (secondary N) is 1. The van der Waals surface area contributed by atoms with Crippen LogP contribution in [0.1, 0.15) is 27.0 Å². The van der Waals surface area contributed by atoms with Crippen molar-refractivity contribution in [3.63, 3.8) is 0 Å². The van der Waals surface area contributed by atoms with Crippen molar-refractivity contribution in [2.24, 2.45) is 0 Å². The van der Waals surface area contributed by atoms with E-state index in [9.17, 15) is 14.7 Å². The lowest BCUT2D eigenvalue weighted by Gasteiger charge is -2.13. The average Bonchev–Trinajstić information content (AvgIpc) is 3.01. The molecule has 0 aliphatic carbocycles. The molecule has 0 saturated carbocycles. The molecular formula is C20H18N2O3. The minimum absolute atomic E-state index is 0.201. The number of aryl methyl sites for hydroxylation is 4. The molecule has 1 aliphatic rings. The Hall–Kier alpha value is -3.08. The van der Waals surface area contributed by atoms with E-state index in [0.717, 1.165) is 28.6 Å². The Kier molecular flexibility index (Phi) is 3.39. The Balaban J connectivity index is 1.87. The zero-order valence-electron chi connectivity index (χ0n) is 14.1. The van der Waals surface area contributed by atoms with Crippen LogP contribution in [0.3, 0.4) is 0 Å². The zero-order valence-corrected chi connectivity index (χ0v) is 14.1. The van der Waals surface area contributed by atoms with Crippen LogP contribution in [0, 0.1) is 13.8 Å². The third-order valence-corrected chi connectivity index (χ3v) is 4.81. The second kappa shape index (κ2) is 5.48. The SMILES string of the molecule is Cc1ccc(C)c(NC(=O)c2c(O)c3cccc4c3n(c2=O)CC4)c1. The largest absolute Gasteiger partial charge is 0.506 e. The van der Waals surface area contributed by atoms with E-state index in [-0.39, 0.29) is 11.3 Å². The van der Waals surface area contributed by atoms with E-state index in [4.69, 9.17) is 0 Å². The molecule has 4 rings (SSSR count). The number of nitrogens with zero attached hydrogens (tertiary/aromatic N) is 1. The minimum atomic E-state index is -0.584. The minimum Gasteiger partial charge on any atom is -0.506 e. The van der Waals surface area contributed by atoms with Crippen molar-refractivity contribution in [2.45, 2.75) is 26.8 Å². The molecular weight excluding hydrogens is 316 g/mol. The Bertz CT molecular complexity index is 1100. The number of anilines is 1. The highest BCUT2D eigenvalue weighted by Crippen LogP contribution is 2.32. The molecule has 5 heteroatoms. The molecule has 2 heterocycles. The van der Waals surface area contributed by atoms with Crippen LogP contribution in [0.4, 0.5) is 5.69 Å². The van der Waals surface area contributed by atoms with Gasteiger partial charge < -0.3 is 15.0 Å². The number of carbonyl (C=O) groups is 1. The number of rotatable bonds is 2. The molecule has 0 bridgehead atoms. The summed E-state index contributed by atoms with van der Waals surface area (Å²) in [6, 6.07) is 11.2. The smallest absolute Gasteiger partial charge is 0.267 e. The van der Waals surface area contributed by atoms with Gasteiger partial charge in [0.2, 0.25) is 0 Å². The van der Waals surface area contributed by atoms with Gasteiger partial charge in [0.25, 0.3) is 11.5 Å². The second-order valence-corrected chi connectivity index (χ2v) is 6.52. The molecule has 25 heavy (non-hydrogen) atoms. The van der Waals surface area contributed by atoms with E-state index >= 15 is 0 Å². The summed E-state index contributed by atoms with van der Waals surface area (Å²) in [5.74, 6) is -0.832. The quantitative estimate of drug-likeness (QED) is 0.756. The number of benzene rings is 2. The number of amides is 1. The highest BCUT2D eigenvalue weighted by atomic mass is 16.3. The van der Waals surface area contributed by atoms with E-state index in [1.54, 1.807) is 10.6 Å². The van der Waals surface area contributed by atoms with Gasteiger partial charge in [-0.2, -0.15) is 0 Å². The predicted molar refractivity (Wildman–Crippen MR) is 97.4 cm³/mol. The Morgan fingerprint density at radius 3 is 2.80 bits per heavy atom. The number of para-hydroxylation sites is 1. The Morgan fingerprint density at radius 1 is 1.20 bits per heavy atom. The van der Waals surface area contributed by atoms with Crippen molar-refractivity contribution in [2.75, 3.05) is 5.32 Å². The summed E-state index contributed by atoms with van der Waals surface area (Å²) < 4.78 is 1.59. The summed E-state index contributed by atoms with van der Waals surface area (Å²) in [6.45, 7) is 4.34. The summed E-state index contributed by atoms with van der Waals surface area (Å²) in [5.41, 5.74) is 3.64. The summed E-state index contributed by atoms with van der Waals surface area (Å²) in [5, 5.41) is 13.9. The third kappa shape index (κ3) is 2.31. The maximum atomic E-state index is 12.8. The van der Waals surface area contributed by atoms with Crippen molar-refractivity contribution in [3.05, 3.63) is 69.0 Å². The maximum Gasteiger partial charge on any atom is 0.267 e. The highest BCUT2D eigenvalue weighted by molar-refractivity contribution is 6.09. The second-order valence-electron chi connectivity index (χ2n) is 6.52. The first-order valence-electron chi connectivity index (χ1n) is 8.23. The van der Waals surface area contributed by atoms with Crippen molar-refractivity contribution >= 4 is 22.5 Å². The monoisotopic (exact) mass is 334 g/mol. The molecule has 1 amide bonds. The average molecular weight is 334 g/mol. The Labute approximate surface area is 144 Å². The molecule has 0 spiro atoms. The fraction of sp³-hybridized carbons (Fsp3) is 0.200. The van der Waals surface area contributed by atoms with Crippen LogP contribution in [0.2, 0.25) is 0 Å². The first-order valence-corrected chi connectivity index (χ1v) is 8.23. The van der Waals surface area contributed by atoms with E-state index in [0.29, 0.717) is 17.6 Å². The summed E-state index contributed by atoms with van der Waals surface area (Å²) in [4.78, 5) is 25.6. The van der Waals surface area contributed by atoms with Gasteiger partial charge in [-0.3, -0.25) is 9.59 Å². The molecule has 2 aromatic carbocycles. The van der Waals surface area contributed by atoms with Gasteiger partial charge in [-0.1, -0.05) is 24.3 Å². The molecule has 1 aliphatic heterocycles. The van der Waals surface area contributed by atoms with Gasteiger partial charge in [-0.15, -0.1) is 0 Å². The van der Waals surface area contributed by atoms with Gasteiger partial charge in [-0.05, 0) is 49.1 Å². The molecule has 3 aromatic rings. The standard InChI is InChI=1S/C20H18N2O3/c1-11-6-7-12(2)15(10-11)21-19(24)16-18(23)14-5-3-4-13-8-9-22(17(13)14)20(16)25/h3-7,10,23H,8-9H2,1-2H3,(H,21,24). The summed E-state index contributed by atoms with van der Waals surface area (Å²) >= 11 is 0. The van der Waals surface area contributed by atoms with Gasteiger partial charge in [0.05, 0.1) is 5.52 Å². The van der Waals surface area contributed by atoms with Crippen molar-refractivity contribution in [1.29, 1.82) is 0 Å². The van der Waals surface area contributed by atoms with Gasteiger partial charge in [-0.25, -0.2) is 0 Å². The lowest BCUT2D eigenvalue weighted by atomic mass is 10.1. The number of carbonyl (C=O) groups excluding carboxylic acids is 1. The number of aromatic nitrogens is 1. The first kappa shape index (κ1) is 15.4. The van der Waals surface area contributed by atoms with E-state index in [2.05, 4.69) is 5.32 Å². The normalized spacial score (nSPS) is 12.6. The van der Waals surface area contributed by atoms with E-state index in [1.165, 1.54) is 0 Å². The number of hydrogen-bond donors (Lipinski definition) is 2. The summed E-state index contributed by atoms with van der Waals surface area (Å²) in [7, 11) is 0. The predicted octanol–water partition coefficient (Wildman–Crippen LogP) is 3.13. The molecule has 0 saturated heterocycles. The van der Waals surface area contributed by atoms with Crippen LogP contribution in [0.15, 0.2) is 41.2 Å². The zero-order chi connectivity index (χ0) is 17.7. The molecule has 0 fully saturated rings. The fourth-order valence-corrected chi connectivity index (χ4v) is 3.48. The van der Waals surface area contributed by atoms with Gasteiger partial charge in [0.1, 0.15) is 11.3 Å². The van der Waals surface area contributed by atoms with E-state index in [1.807, 2.05) is 44.2 Å². The molecule has 2 N–H and O–H groups in total. The molecule has 5 nitrogen and oxygen atoms in total. The molecule has 0 radical (unpaired) electrons. The van der Waals surface area contributed by atoms with Crippen molar-refractivity contribution in [3.8, 4) is 5.75 Å². The first-order chi connectivity index (χ1) is 12.0. The van der Waals surface area contributed by atoms with Crippen molar-refractivity contribution < 1.29 is 9.90 Å². The number of pyridine rings is 1. The topological polar surface area (TPSA) is 71.3 Å². The van der Waals surface area contributed by atoms with Gasteiger partial charge >= 0.3 is 0 Å². The molecule has 126 valence electrons. The lowest BCUT2D eigenvalue weighted by molar-refractivity contribution is 0.102. The van der Waals surface area contributed by atoms with Crippen LogP contribution in [0.5, 0.6) is 5.75 Å². The lowest BCUT2D eigenvalue weighted by Crippen LogP contribution is -2.28. The summed E-state index contributed by atoms with van der Waals surface area (Å²) in [6.07, 6.45) is 0.730. The Morgan fingerprint density at radius 2 is 2.00 bits per heavy atom. The van der Waals surface area contributed by atoms with Crippen LogP contribution >= 0.6 is 0 Å². The third-order valence-electron chi connectivity index (χ3n) is 4.81. The van der Waals surface area contributed by atoms with Gasteiger partial charge in [0, 0.05) is 17.6 Å². The van der Waals surface area contributed by atoms with Crippen LogP contribution in [0.25, 0.3) is 10.9 Å². The molecule has 0 atom stereocenters. The number of aromatic hydroxyl groups is 1. The molecule has 0 unspecified atom stereocenters. The fourth-order valence-electron chi connectivity index (χ4n) is 3.48. The van der Waals surface area contributed by atoms with Crippen molar-refractivity contribution in [1.82, 2.24) is 4.57 Å². The van der Waals surface area contributed by atoms with Crippen LogP contribution < -0.4 is 10.9 Å².